The maximum absolute atomic E-state index is 14.1. The number of piperazine rings is 1. The number of amides is 1. The summed E-state index contributed by atoms with van der Waals surface area (Å²) >= 11 is 0. The molecule has 1 aliphatic carbocycles. The quantitative estimate of drug-likeness (QED) is 0.344. The van der Waals surface area contributed by atoms with E-state index in [0.29, 0.717) is 55.8 Å². The standard InChI is InChI=1S/C36H37F3N4O4/c1-35(2)18-27-33(29(44)19-35)34(24-8-10-25(11-9-24)36(37,38)39)43(28-6-4-3-5-26(28)40-27)21-32(45)42-15-13-41(14-16-42)20-23-7-12-30-31(17-23)47-22-46-30/h3-12,17,34,40H,13-16,18-22H2,1-2H3. The Morgan fingerprint density at radius 3 is 2.40 bits per heavy atom. The molecule has 1 fully saturated rings. The number of hydrogen-bond acceptors (Lipinski definition) is 7. The monoisotopic (exact) mass is 646 g/mol. The lowest BCUT2D eigenvalue weighted by molar-refractivity contribution is -0.137. The number of ketones is 1. The van der Waals surface area contributed by atoms with Gasteiger partial charge in [-0.2, -0.15) is 13.2 Å². The predicted molar refractivity (Wildman–Crippen MR) is 171 cm³/mol. The Labute approximate surface area is 271 Å². The van der Waals surface area contributed by atoms with Crippen LogP contribution in [0.4, 0.5) is 24.5 Å². The molecule has 47 heavy (non-hydrogen) atoms. The molecular formula is C36H37F3N4O4. The summed E-state index contributed by atoms with van der Waals surface area (Å²) in [5.74, 6) is 1.30. The summed E-state index contributed by atoms with van der Waals surface area (Å²) in [7, 11) is 0. The van der Waals surface area contributed by atoms with Gasteiger partial charge in [-0.05, 0) is 59.4 Å². The van der Waals surface area contributed by atoms with Crippen LogP contribution in [0, 0.1) is 5.41 Å². The highest BCUT2D eigenvalue weighted by Gasteiger charge is 2.42. The van der Waals surface area contributed by atoms with E-state index in [2.05, 4.69) is 10.2 Å². The molecule has 8 nitrogen and oxygen atoms in total. The van der Waals surface area contributed by atoms with Crippen molar-refractivity contribution < 1.29 is 32.2 Å². The number of para-hydroxylation sites is 2. The Balaban J connectivity index is 1.17. The zero-order valence-electron chi connectivity index (χ0n) is 26.4. The Morgan fingerprint density at radius 2 is 1.66 bits per heavy atom. The second-order valence-electron chi connectivity index (χ2n) is 13.5. The van der Waals surface area contributed by atoms with Gasteiger partial charge < -0.3 is 24.6 Å². The van der Waals surface area contributed by atoms with Crippen LogP contribution >= 0.6 is 0 Å². The number of halogens is 3. The van der Waals surface area contributed by atoms with Gasteiger partial charge in [-0.25, -0.2) is 0 Å². The number of carbonyl (C=O) groups excluding carboxylic acids is 2. The fraction of sp³-hybridized carbons (Fsp3) is 0.389. The molecule has 3 aromatic carbocycles. The molecule has 1 atom stereocenters. The van der Waals surface area contributed by atoms with E-state index in [4.69, 9.17) is 9.47 Å². The fourth-order valence-corrected chi connectivity index (χ4v) is 7.13. The third-order valence-corrected chi connectivity index (χ3v) is 9.43. The Morgan fingerprint density at radius 1 is 0.936 bits per heavy atom. The summed E-state index contributed by atoms with van der Waals surface area (Å²) in [4.78, 5) is 34.0. The Hall–Kier alpha value is -4.51. The van der Waals surface area contributed by atoms with Crippen LogP contribution in [0.5, 0.6) is 11.5 Å². The SMILES string of the molecule is CC1(C)CC(=O)C2=C(C1)Nc1ccccc1N(CC(=O)N1CCN(Cc3ccc4c(c3)OCO4)CC1)C2c1ccc(C(F)(F)F)cc1. The molecule has 0 bridgehead atoms. The number of carbonyl (C=O) groups is 2. The minimum atomic E-state index is -4.49. The number of benzene rings is 3. The molecule has 1 N–H and O–H groups in total. The van der Waals surface area contributed by atoms with E-state index in [-0.39, 0.29) is 30.4 Å². The molecule has 246 valence electrons. The molecule has 7 rings (SSSR count). The highest BCUT2D eigenvalue weighted by atomic mass is 19.4. The predicted octanol–water partition coefficient (Wildman–Crippen LogP) is 6.39. The normalized spacial score (nSPS) is 20.8. The van der Waals surface area contributed by atoms with Gasteiger partial charge in [0.25, 0.3) is 0 Å². The lowest BCUT2D eigenvalue weighted by Gasteiger charge is -2.40. The molecule has 1 unspecified atom stereocenters. The average Bonchev–Trinajstić information content (AvgIpc) is 3.45. The van der Waals surface area contributed by atoms with E-state index in [1.807, 2.05) is 66.1 Å². The van der Waals surface area contributed by atoms with E-state index >= 15 is 0 Å². The van der Waals surface area contributed by atoms with Gasteiger partial charge >= 0.3 is 6.18 Å². The first-order chi connectivity index (χ1) is 22.4. The number of rotatable bonds is 5. The number of nitrogens with zero attached hydrogens (tertiary/aromatic N) is 3. The number of ether oxygens (including phenoxy) is 2. The summed E-state index contributed by atoms with van der Waals surface area (Å²) < 4.78 is 51.6. The topological polar surface area (TPSA) is 74.4 Å². The van der Waals surface area contributed by atoms with Gasteiger partial charge in [0.1, 0.15) is 0 Å². The van der Waals surface area contributed by atoms with Crippen LogP contribution in [-0.4, -0.2) is 61.0 Å². The summed E-state index contributed by atoms with van der Waals surface area (Å²) in [5, 5.41) is 3.50. The Bertz CT molecular complexity index is 1730. The van der Waals surface area contributed by atoms with Crippen molar-refractivity contribution >= 4 is 23.1 Å². The first-order valence-corrected chi connectivity index (χ1v) is 15.9. The molecule has 1 amide bonds. The lowest BCUT2D eigenvalue weighted by atomic mass is 9.73. The minimum Gasteiger partial charge on any atom is -0.454 e. The van der Waals surface area contributed by atoms with Crippen LogP contribution in [0.3, 0.4) is 0 Å². The maximum atomic E-state index is 14.1. The second kappa shape index (κ2) is 11.9. The molecule has 3 aromatic rings. The van der Waals surface area contributed by atoms with Crippen molar-refractivity contribution in [3.63, 3.8) is 0 Å². The van der Waals surface area contributed by atoms with Crippen LogP contribution in [0.2, 0.25) is 0 Å². The van der Waals surface area contributed by atoms with Crippen molar-refractivity contribution in [2.24, 2.45) is 5.41 Å². The molecule has 0 radical (unpaired) electrons. The van der Waals surface area contributed by atoms with E-state index in [0.717, 1.165) is 47.1 Å². The van der Waals surface area contributed by atoms with Crippen molar-refractivity contribution in [2.75, 3.05) is 49.7 Å². The van der Waals surface area contributed by atoms with Crippen LogP contribution in [-0.2, 0) is 22.3 Å². The smallest absolute Gasteiger partial charge is 0.416 e. The van der Waals surface area contributed by atoms with Gasteiger partial charge in [0.15, 0.2) is 17.3 Å². The number of nitrogens with one attached hydrogen (secondary N) is 1. The van der Waals surface area contributed by atoms with Crippen LogP contribution in [0.25, 0.3) is 0 Å². The first-order valence-electron chi connectivity index (χ1n) is 15.9. The van der Waals surface area contributed by atoms with Gasteiger partial charge in [-0.3, -0.25) is 14.5 Å². The molecular weight excluding hydrogens is 609 g/mol. The van der Waals surface area contributed by atoms with Crippen LogP contribution < -0.4 is 19.7 Å². The summed E-state index contributed by atoms with van der Waals surface area (Å²) in [6.07, 6.45) is -3.60. The highest BCUT2D eigenvalue weighted by molar-refractivity contribution is 6.02. The number of allylic oxidation sites excluding steroid dienone is 1. The van der Waals surface area contributed by atoms with Crippen molar-refractivity contribution in [1.82, 2.24) is 9.80 Å². The molecule has 3 aliphatic heterocycles. The average molecular weight is 647 g/mol. The minimum absolute atomic E-state index is 0.0417. The number of hydrogen-bond donors (Lipinski definition) is 1. The van der Waals surface area contributed by atoms with Crippen molar-refractivity contribution in [3.05, 3.63) is 94.7 Å². The van der Waals surface area contributed by atoms with Crippen LogP contribution in [0.15, 0.2) is 78.0 Å². The van der Waals surface area contributed by atoms with Gasteiger partial charge in [0, 0.05) is 50.4 Å². The zero-order valence-corrected chi connectivity index (χ0v) is 26.4. The summed E-state index contributed by atoms with van der Waals surface area (Å²) in [6.45, 7) is 7.40. The summed E-state index contributed by atoms with van der Waals surface area (Å²) in [5.41, 5.74) is 3.28. The Kier molecular flexibility index (Phi) is 7.90. The van der Waals surface area contributed by atoms with E-state index in [1.54, 1.807) is 0 Å². The van der Waals surface area contributed by atoms with E-state index in [1.165, 1.54) is 12.1 Å². The van der Waals surface area contributed by atoms with E-state index < -0.39 is 17.8 Å². The van der Waals surface area contributed by atoms with Gasteiger partial charge in [-0.15, -0.1) is 0 Å². The molecule has 11 heteroatoms. The van der Waals surface area contributed by atoms with Gasteiger partial charge in [0.2, 0.25) is 12.7 Å². The van der Waals surface area contributed by atoms with Crippen molar-refractivity contribution in [3.8, 4) is 11.5 Å². The molecule has 1 saturated heterocycles. The van der Waals surface area contributed by atoms with Gasteiger partial charge in [0.05, 0.1) is 29.5 Å². The third-order valence-electron chi connectivity index (χ3n) is 9.43. The molecule has 3 heterocycles. The summed E-state index contributed by atoms with van der Waals surface area (Å²) in [6, 6.07) is 17.7. The first kappa shape index (κ1) is 31.1. The lowest BCUT2D eigenvalue weighted by Crippen LogP contribution is -2.51. The number of Topliss-reactive ketones (excluding diaryl/α,β-unsaturated/α-hetero) is 1. The van der Waals surface area contributed by atoms with Crippen molar-refractivity contribution in [1.29, 1.82) is 0 Å². The third kappa shape index (κ3) is 6.28. The zero-order chi connectivity index (χ0) is 32.9. The molecule has 0 saturated carbocycles. The largest absolute Gasteiger partial charge is 0.454 e. The molecule has 0 spiro atoms. The number of fused-ring (bicyclic) bond motifs is 2. The van der Waals surface area contributed by atoms with Crippen LogP contribution in [0.1, 0.15) is 49.4 Å². The highest BCUT2D eigenvalue weighted by Crippen LogP contribution is 2.48. The maximum Gasteiger partial charge on any atom is 0.416 e. The number of anilines is 2. The fourth-order valence-electron chi connectivity index (χ4n) is 7.13. The van der Waals surface area contributed by atoms with Crippen molar-refractivity contribution in [2.45, 2.75) is 45.5 Å². The molecule has 0 aromatic heterocycles. The molecule has 4 aliphatic rings. The van der Waals surface area contributed by atoms with E-state index in [9.17, 15) is 22.8 Å². The van der Waals surface area contributed by atoms with Gasteiger partial charge in [-0.1, -0.05) is 44.2 Å². The number of alkyl halides is 3. The second-order valence-corrected chi connectivity index (χ2v) is 13.5.